The van der Waals surface area contributed by atoms with Gasteiger partial charge in [-0.25, -0.2) is 0 Å². The highest BCUT2D eigenvalue weighted by atomic mass is 32.2. The topological polar surface area (TPSA) is 87.2 Å². The van der Waals surface area contributed by atoms with E-state index in [0.29, 0.717) is 25.9 Å². The minimum atomic E-state index is -0.734. The van der Waals surface area contributed by atoms with Crippen LogP contribution in [0.25, 0.3) is 0 Å². The average Bonchev–Trinajstić information content (AvgIpc) is 3.53. The molecule has 1 spiro atoms. The normalized spacial score (nSPS) is 29.2. The molecule has 4 rings (SSSR count). The molecule has 1 N–H and O–H groups in total. The van der Waals surface area contributed by atoms with Crippen LogP contribution >= 0.6 is 11.8 Å². The third-order valence-corrected chi connectivity index (χ3v) is 9.84. The van der Waals surface area contributed by atoms with Gasteiger partial charge in [-0.05, 0) is 38.2 Å². The van der Waals surface area contributed by atoms with Crippen molar-refractivity contribution >= 4 is 29.5 Å². The Bertz CT molecular complexity index is 972. The summed E-state index contributed by atoms with van der Waals surface area (Å²) in [7, 11) is 0. The smallest absolute Gasteiger partial charge is 0.310 e. The van der Waals surface area contributed by atoms with Crippen molar-refractivity contribution in [2.75, 3.05) is 26.3 Å². The molecule has 0 saturated carbocycles. The second-order valence-electron chi connectivity index (χ2n) is 10.0. The largest absolute Gasteiger partial charge is 0.466 e. The number of hydrogen-bond acceptors (Lipinski definition) is 6. The highest BCUT2D eigenvalue weighted by molar-refractivity contribution is 8.02. The lowest BCUT2D eigenvalue weighted by Crippen LogP contribution is -2.58. The zero-order chi connectivity index (χ0) is 25.9. The minimum absolute atomic E-state index is 0.0272. The predicted molar refractivity (Wildman–Crippen MR) is 140 cm³/mol. The van der Waals surface area contributed by atoms with E-state index in [1.165, 1.54) is 0 Å². The van der Waals surface area contributed by atoms with Crippen LogP contribution in [0.3, 0.4) is 0 Å². The summed E-state index contributed by atoms with van der Waals surface area (Å²) in [6.07, 6.45) is 5.42. The van der Waals surface area contributed by atoms with Crippen LogP contribution in [-0.4, -0.2) is 81.1 Å². The highest BCUT2D eigenvalue weighted by Gasteiger charge is 2.74. The lowest BCUT2D eigenvalue weighted by Gasteiger charge is -2.39. The maximum absolute atomic E-state index is 14.3. The first-order valence-corrected chi connectivity index (χ1v) is 14.0. The van der Waals surface area contributed by atoms with E-state index in [-0.39, 0.29) is 36.2 Å². The fourth-order valence-electron chi connectivity index (χ4n) is 6.38. The lowest BCUT2D eigenvalue weighted by atomic mass is 9.71. The third-order valence-electron chi connectivity index (χ3n) is 7.89. The van der Waals surface area contributed by atoms with Gasteiger partial charge >= 0.3 is 5.97 Å². The van der Waals surface area contributed by atoms with Gasteiger partial charge in [-0.3, -0.25) is 14.4 Å². The number of esters is 1. The van der Waals surface area contributed by atoms with Crippen LogP contribution in [0.2, 0.25) is 0 Å². The molecule has 1 aromatic rings. The van der Waals surface area contributed by atoms with Gasteiger partial charge in [0.25, 0.3) is 0 Å². The minimum Gasteiger partial charge on any atom is -0.466 e. The number of carbonyl (C=O) groups is 3. The van der Waals surface area contributed by atoms with E-state index in [2.05, 4.69) is 13.5 Å². The number of nitrogens with zero attached hydrogens (tertiary/aromatic N) is 2. The zero-order valence-electron chi connectivity index (χ0n) is 21.3. The predicted octanol–water partition coefficient (Wildman–Crippen LogP) is 3.06. The Hall–Kier alpha value is -2.32. The summed E-state index contributed by atoms with van der Waals surface area (Å²) in [5.41, 5.74) is 0.984. The molecule has 3 saturated heterocycles. The Labute approximate surface area is 218 Å². The van der Waals surface area contributed by atoms with Gasteiger partial charge in [0.2, 0.25) is 11.8 Å². The van der Waals surface area contributed by atoms with Crippen molar-refractivity contribution < 1.29 is 24.2 Å². The van der Waals surface area contributed by atoms with Crippen molar-refractivity contribution in [3.8, 4) is 0 Å². The van der Waals surface area contributed by atoms with Crippen molar-refractivity contribution in [3.05, 3.63) is 48.6 Å². The SMILES string of the molecule is C=CCN(CCCC)C(=O)C1N([C@@H](CO)Cc2ccccc2)C(=O)[C@@H]2[C@H](C(=O)OCC)[C@@H]3CCC12S3. The second kappa shape index (κ2) is 11.4. The number of carbonyl (C=O) groups excluding carboxylic acids is 3. The Morgan fingerprint density at radius 2 is 2.08 bits per heavy atom. The van der Waals surface area contributed by atoms with E-state index in [4.69, 9.17) is 4.74 Å². The lowest BCUT2D eigenvalue weighted by molar-refractivity contribution is -0.154. The van der Waals surface area contributed by atoms with Gasteiger partial charge < -0.3 is 19.6 Å². The number of benzene rings is 1. The third kappa shape index (κ3) is 4.58. The van der Waals surface area contributed by atoms with Crippen molar-refractivity contribution in [1.82, 2.24) is 9.80 Å². The molecule has 196 valence electrons. The van der Waals surface area contributed by atoms with Crippen LogP contribution in [0.4, 0.5) is 0 Å². The molecule has 7 nitrogen and oxygen atoms in total. The molecule has 3 aliphatic rings. The molecule has 3 fully saturated rings. The number of fused-ring (bicyclic) bond motifs is 1. The molecule has 2 bridgehead atoms. The van der Waals surface area contributed by atoms with Crippen LogP contribution in [-0.2, 0) is 25.5 Å². The summed E-state index contributed by atoms with van der Waals surface area (Å²) in [6.45, 7) is 8.67. The van der Waals surface area contributed by atoms with Crippen molar-refractivity contribution in [2.24, 2.45) is 11.8 Å². The maximum Gasteiger partial charge on any atom is 0.310 e. The molecule has 3 aliphatic heterocycles. The molecule has 1 aromatic carbocycles. The molecule has 0 aliphatic carbocycles. The monoisotopic (exact) mass is 514 g/mol. The first-order chi connectivity index (χ1) is 17.4. The molecule has 6 atom stereocenters. The van der Waals surface area contributed by atoms with E-state index < -0.39 is 28.7 Å². The van der Waals surface area contributed by atoms with Gasteiger partial charge in [0.15, 0.2) is 0 Å². The summed E-state index contributed by atoms with van der Waals surface area (Å²) in [4.78, 5) is 44.9. The van der Waals surface area contributed by atoms with Gasteiger partial charge in [0.1, 0.15) is 6.04 Å². The first-order valence-electron chi connectivity index (χ1n) is 13.1. The number of thioether (sulfide) groups is 1. The average molecular weight is 515 g/mol. The Morgan fingerprint density at radius 3 is 2.72 bits per heavy atom. The molecular formula is C28H38N2O5S. The molecule has 3 heterocycles. The van der Waals surface area contributed by atoms with E-state index >= 15 is 0 Å². The van der Waals surface area contributed by atoms with Crippen LogP contribution in [0.15, 0.2) is 43.0 Å². The summed E-state index contributed by atoms with van der Waals surface area (Å²) < 4.78 is 4.71. The molecule has 2 unspecified atom stereocenters. The Morgan fingerprint density at radius 1 is 1.33 bits per heavy atom. The molecule has 0 radical (unpaired) electrons. The second-order valence-corrected chi connectivity index (χ2v) is 11.6. The van der Waals surface area contributed by atoms with Gasteiger partial charge in [-0.2, -0.15) is 0 Å². The van der Waals surface area contributed by atoms with Crippen LogP contribution in [0, 0.1) is 11.8 Å². The molecule has 36 heavy (non-hydrogen) atoms. The van der Waals surface area contributed by atoms with Crippen molar-refractivity contribution in [2.45, 2.75) is 68.0 Å². The zero-order valence-corrected chi connectivity index (χ0v) is 22.1. The fraction of sp³-hybridized carbons (Fsp3) is 0.607. The number of aliphatic hydroxyl groups excluding tert-OH is 1. The summed E-state index contributed by atoms with van der Waals surface area (Å²) in [5.74, 6) is -1.83. The quantitative estimate of drug-likeness (QED) is 0.341. The number of likely N-dealkylation sites (tertiary alicyclic amines) is 1. The number of rotatable bonds is 12. The van der Waals surface area contributed by atoms with Gasteiger partial charge in [-0.1, -0.05) is 49.8 Å². The Kier molecular flexibility index (Phi) is 8.45. The number of unbranched alkanes of at least 4 members (excludes halogenated alkanes) is 1. The van der Waals surface area contributed by atoms with E-state index in [1.54, 1.807) is 34.6 Å². The van der Waals surface area contributed by atoms with Crippen LogP contribution < -0.4 is 0 Å². The number of hydrogen-bond donors (Lipinski definition) is 1. The first kappa shape index (κ1) is 26.7. The van der Waals surface area contributed by atoms with Crippen molar-refractivity contribution in [3.63, 3.8) is 0 Å². The molecule has 2 amide bonds. The standard InChI is InChI=1S/C28H38N2O5S/c1-4-7-16-29(15-5-2)26(33)24-28-14-13-21(36-28)22(27(34)35-6-3)23(28)25(32)30(24)20(18-31)17-19-11-9-8-10-12-19/h5,8-12,20-24,31H,2,4,6-7,13-18H2,1,3H3/t20-,21+,22-,23+,24?,28?/m1/s1. The Balaban J connectivity index is 1.76. The summed E-state index contributed by atoms with van der Waals surface area (Å²) in [6, 6.07) is 8.41. The fourth-order valence-corrected chi connectivity index (χ4v) is 8.56. The van der Waals surface area contributed by atoms with Gasteiger partial charge in [-0.15, -0.1) is 18.3 Å². The summed E-state index contributed by atoms with van der Waals surface area (Å²) in [5, 5.41) is 10.5. The molecule has 0 aromatic heterocycles. The van der Waals surface area contributed by atoms with E-state index in [1.807, 2.05) is 30.3 Å². The maximum atomic E-state index is 14.3. The van der Waals surface area contributed by atoms with Crippen LogP contribution in [0.1, 0.15) is 45.1 Å². The van der Waals surface area contributed by atoms with E-state index in [0.717, 1.165) is 24.8 Å². The van der Waals surface area contributed by atoms with E-state index in [9.17, 15) is 19.5 Å². The number of aliphatic hydroxyl groups is 1. The van der Waals surface area contributed by atoms with Crippen molar-refractivity contribution in [1.29, 1.82) is 0 Å². The highest BCUT2D eigenvalue weighted by Crippen LogP contribution is 2.67. The van der Waals surface area contributed by atoms with Gasteiger partial charge in [0.05, 0.1) is 35.8 Å². The summed E-state index contributed by atoms with van der Waals surface area (Å²) >= 11 is 1.63. The van der Waals surface area contributed by atoms with Gasteiger partial charge in [0, 0.05) is 18.3 Å². The van der Waals surface area contributed by atoms with Crippen LogP contribution in [0.5, 0.6) is 0 Å². The molecular weight excluding hydrogens is 476 g/mol. The molecule has 8 heteroatoms. The number of ether oxygens (including phenoxy) is 1. The number of amides is 2.